The molecule has 0 unspecified atom stereocenters. The Balaban J connectivity index is 1.43. The van der Waals surface area contributed by atoms with Crippen LogP contribution in [0.2, 0.25) is 0 Å². The van der Waals surface area contributed by atoms with Gasteiger partial charge in [0, 0.05) is 19.5 Å². The zero-order chi connectivity index (χ0) is 15.8. The summed E-state index contributed by atoms with van der Waals surface area (Å²) in [5.41, 5.74) is 1.05. The van der Waals surface area contributed by atoms with Gasteiger partial charge in [0.1, 0.15) is 0 Å². The summed E-state index contributed by atoms with van der Waals surface area (Å²) < 4.78 is 13.3. The fraction of sp³-hybridized carbons (Fsp3) is 0.733. The highest BCUT2D eigenvalue weighted by atomic mass is 16.5. The molecule has 0 N–H and O–H groups in total. The molecule has 0 saturated carbocycles. The van der Waals surface area contributed by atoms with E-state index in [9.17, 15) is 0 Å². The Bertz CT molecular complexity index is 666. The summed E-state index contributed by atoms with van der Waals surface area (Å²) in [5, 5.41) is 12.3. The van der Waals surface area contributed by atoms with Crippen molar-refractivity contribution in [3.8, 4) is 0 Å². The molecule has 4 heterocycles. The van der Waals surface area contributed by atoms with Crippen molar-refractivity contribution in [1.82, 2.24) is 30.0 Å². The first kappa shape index (κ1) is 14.8. The third-order valence-electron chi connectivity index (χ3n) is 4.47. The van der Waals surface area contributed by atoms with Crippen molar-refractivity contribution < 1.29 is 9.26 Å². The van der Waals surface area contributed by atoms with Crippen LogP contribution in [0.5, 0.6) is 0 Å². The number of aromatic nitrogens is 5. The van der Waals surface area contributed by atoms with Crippen molar-refractivity contribution in [1.29, 1.82) is 0 Å². The lowest BCUT2D eigenvalue weighted by atomic mass is 10.0. The molecule has 4 rings (SSSR count). The van der Waals surface area contributed by atoms with E-state index in [0.29, 0.717) is 19.1 Å². The van der Waals surface area contributed by atoms with E-state index >= 15 is 0 Å². The van der Waals surface area contributed by atoms with Crippen LogP contribution in [0.3, 0.4) is 0 Å². The Morgan fingerprint density at radius 1 is 1.39 bits per heavy atom. The largest absolute Gasteiger partial charge is 0.370 e. The fourth-order valence-electron chi connectivity index (χ4n) is 3.37. The quantitative estimate of drug-likeness (QED) is 0.838. The Morgan fingerprint density at radius 3 is 3.17 bits per heavy atom. The van der Waals surface area contributed by atoms with Crippen LogP contribution in [-0.4, -0.2) is 49.2 Å². The van der Waals surface area contributed by atoms with Gasteiger partial charge in [-0.1, -0.05) is 24.2 Å². The van der Waals surface area contributed by atoms with Crippen LogP contribution in [0.25, 0.3) is 0 Å². The molecule has 0 aromatic carbocycles. The maximum Gasteiger partial charge on any atom is 0.226 e. The van der Waals surface area contributed by atoms with Crippen LogP contribution < -0.4 is 0 Å². The molecule has 0 radical (unpaired) electrons. The minimum atomic E-state index is 0.219. The lowest BCUT2D eigenvalue weighted by molar-refractivity contribution is -0.0673. The number of nitrogens with zero attached hydrogens (tertiary/aromatic N) is 6. The predicted molar refractivity (Wildman–Crippen MR) is 80.4 cm³/mol. The molecule has 2 aromatic heterocycles. The van der Waals surface area contributed by atoms with Crippen molar-refractivity contribution in [2.24, 2.45) is 5.92 Å². The number of likely N-dealkylation sites (tertiary alicyclic amines) is 1. The molecular formula is C15H22N6O2. The van der Waals surface area contributed by atoms with Crippen molar-refractivity contribution in [3.63, 3.8) is 0 Å². The molecule has 2 aliphatic rings. The number of rotatable bonds is 4. The van der Waals surface area contributed by atoms with E-state index < -0.39 is 0 Å². The standard InChI is InChI=1S/C15H22N6O2/c1-10(2)5-15-17-14(18-23-15)8-20-4-3-13-12(7-20)21-11(9-22-13)6-16-19-21/h6,10,12-13H,3-5,7-9H2,1-2H3/t12-,13+/m1/s1. The van der Waals surface area contributed by atoms with Crippen LogP contribution in [0, 0.1) is 5.92 Å². The van der Waals surface area contributed by atoms with Gasteiger partial charge in [-0.2, -0.15) is 4.98 Å². The maximum absolute atomic E-state index is 5.94. The van der Waals surface area contributed by atoms with Gasteiger partial charge in [0.2, 0.25) is 5.89 Å². The lowest BCUT2D eigenvalue weighted by Gasteiger charge is -2.40. The number of fused-ring (bicyclic) bond motifs is 3. The van der Waals surface area contributed by atoms with Crippen molar-refractivity contribution in [2.75, 3.05) is 13.1 Å². The van der Waals surface area contributed by atoms with Gasteiger partial charge in [-0.05, 0) is 12.3 Å². The van der Waals surface area contributed by atoms with E-state index in [4.69, 9.17) is 9.26 Å². The van der Waals surface area contributed by atoms with Gasteiger partial charge in [0.25, 0.3) is 0 Å². The Labute approximate surface area is 134 Å². The third kappa shape index (κ3) is 3.00. The van der Waals surface area contributed by atoms with Crippen LogP contribution in [0.15, 0.2) is 10.7 Å². The number of ether oxygens (including phenoxy) is 1. The molecule has 1 saturated heterocycles. The van der Waals surface area contributed by atoms with Crippen molar-refractivity contribution in [3.05, 3.63) is 23.6 Å². The van der Waals surface area contributed by atoms with Gasteiger partial charge in [0.05, 0.1) is 37.2 Å². The predicted octanol–water partition coefficient (Wildman–Crippen LogP) is 1.21. The highest BCUT2D eigenvalue weighted by Crippen LogP contribution is 2.30. The second kappa shape index (κ2) is 6.01. The summed E-state index contributed by atoms with van der Waals surface area (Å²) in [4.78, 5) is 6.84. The average Bonchev–Trinajstić information content (AvgIpc) is 3.16. The molecule has 2 aliphatic heterocycles. The Hall–Kier alpha value is -1.80. The number of piperidine rings is 1. The van der Waals surface area contributed by atoms with E-state index in [1.807, 2.05) is 4.68 Å². The van der Waals surface area contributed by atoms with Crippen LogP contribution >= 0.6 is 0 Å². The Morgan fingerprint density at radius 2 is 2.30 bits per heavy atom. The highest BCUT2D eigenvalue weighted by molar-refractivity contribution is 5.01. The van der Waals surface area contributed by atoms with Gasteiger partial charge >= 0.3 is 0 Å². The fourth-order valence-corrected chi connectivity index (χ4v) is 3.37. The molecule has 2 aromatic rings. The molecule has 23 heavy (non-hydrogen) atoms. The zero-order valence-corrected chi connectivity index (χ0v) is 13.6. The second-order valence-corrected chi connectivity index (χ2v) is 6.81. The van der Waals surface area contributed by atoms with Gasteiger partial charge in [-0.3, -0.25) is 4.90 Å². The molecule has 8 nitrogen and oxygen atoms in total. The van der Waals surface area contributed by atoms with Gasteiger partial charge < -0.3 is 9.26 Å². The van der Waals surface area contributed by atoms with E-state index in [1.54, 1.807) is 6.20 Å². The molecule has 0 amide bonds. The Kier molecular flexibility index (Phi) is 3.86. The molecular weight excluding hydrogens is 296 g/mol. The smallest absolute Gasteiger partial charge is 0.226 e. The maximum atomic E-state index is 5.94. The summed E-state index contributed by atoms with van der Waals surface area (Å²) in [5.74, 6) is 2.00. The molecule has 0 bridgehead atoms. The summed E-state index contributed by atoms with van der Waals surface area (Å²) in [6, 6.07) is 0.219. The molecule has 0 spiro atoms. The SMILES string of the molecule is CC(C)Cc1nc(CN2CC[C@@H]3OCc4cnnn4[C@@H]3C2)no1. The first-order chi connectivity index (χ1) is 11.2. The first-order valence-electron chi connectivity index (χ1n) is 8.23. The average molecular weight is 318 g/mol. The normalized spacial score (nSPS) is 24.7. The van der Waals surface area contributed by atoms with E-state index in [2.05, 4.69) is 39.2 Å². The highest BCUT2D eigenvalue weighted by Gasteiger charge is 2.36. The zero-order valence-electron chi connectivity index (χ0n) is 13.6. The molecule has 0 aliphatic carbocycles. The number of hydrogen-bond donors (Lipinski definition) is 0. The number of hydrogen-bond acceptors (Lipinski definition) is 7. The molecule has 124 valence electrons. The molecule has 2 atom stereocenters. The summed E-state index contributed by atoms with van der Waals surface area (Å²) in [7, 11) is 0. The van der Waals surface area contributed by atoms with Gasteiger partial charge in [0.15, 0.2) is 5.82 Å². The molecule has 8 heteroatoms. The minimum absolute atomic E-state index is 0.219. The van der Waals surface area contributed by atoms with Gasteiger partial charge in [-0.25, -0.2) is 4.68 Å². The first-order valence-corrected chi connectivity index (χ1v) is 8.23. The van der Waals surface area contributed by atoms with Crippen molar-refractivity contribution in [2.45, 2.75) is 52.0 Å². The molecule has 1 fully saturated rings. The van der Waals surface area contributed by atoms with E-state index in [-0.39, 0.29) is 12.1 Å². The topological polar surface area (TPSA) is 82.1 Å². The van der Waals surface area contributed by atoms with Gasteiger partial charge in [-0.15, -0.1) is 5.10 Å². The van der Waals surface area contributed by atoms with E-state index in [0.717, 1.165) is 43.3 Å². The van der Waals surface area contributed by atoms with E-state index in [1.165, 1.54) is 0 Å². The van der Waals surface area contributed by atoms with Crippen LogP contribution in [0.4, 0.5) is 0 Å². The second-order valence-electron chi connectivity index (χ2n) is 6.81. The monoisotopic (exact) mass is 318 g/mol. The summed E-state index contributed by atoms with van der Waals surface area (Å²) in [6.45, 7) is 7.45. The third-order valence-corrected chi connectivity index (χ3v) is 4.47. The summed E-state index contributed by atoms with van der Waals surface area (Å²) >= 11 is 0. The minimum Gasteiger partial charge on any atom is -0.370 e. The van der Waals surface area contributed by atoms with Crippen LogP contribution in [-0.2, 0) is 24.3 Å². The summed E-state index contributed by atoms with van der Waals surface area (Å²) in [6.07, 6.45) is 3.82. The van der Waals surface area contributed by atoms with Crippen LogP contribution in [0.1, 0.15) is 43.7 Å². The lowest BCUT2D eigenvalue weighted by Crippen LogP contribution is -2.47. The van der Waals surface area contributed by atoms with Crippen molar-refractivity contribution >= 4 is 0 Å².